The van der Waals surface area contributed by atoms with Crippen LogP contribution in [0.15, 0.2) is 29.1 Å². The van der Waals surface area contributed by atoms with E-state index in [1.54, 1.807) is 18.2 Å². The van der Waals surface area contributed by atoms with E-state index in [9.17, 15) is 9.59 Å². The summed E-state index contributed by atoms with van der Waals surface area (Å²) in [5.74, 6) is 1.29. The number of nitrogens with one attached hydrogen (secondary N) is 1. The van der Waals surface area contributed by atoms with Crippen LogP contribution in [0.3, 0.4) is 0 Å². The minimum atomic E-state index is -0.174. The highest BCUT2D eigenvalue weighted by Gasteiger charge is 2.15. The van der Waals surface area contributed by atoms with Crippen LogP contribution in [0.2, 0.25) is 0 Å². The molecule has 8 heteroatoms. The molecule has 0 radical (unpaired) electrons. The zero-order valence-corrected chi connectivity index (χ0v) is 15.7. The molecule has 3 rings (SSSR count). The van der Waals surface area contributed by atoms with E-state index < -0.39 is 0 Å². The Balaban J connectivity index is 1.38. The van der Waals surface area contributed by atoms with Crippen molar-refractivity contribution in [1.29, 1.82) is 0 Å². The van der Waals surface area contributed by atoms with Crippen molar-refractivity contribution >= 4 is 38.4 Å². The van der Waals surface area contributed by atoms with Gasteiger partial charge in [-0.25, -0.2) is 4.68 Å². The number of fused-ring (bicyclic) bond motifs is 1. The van der Waals surface area contributed by atoms with Crippen LogP contribution in [0.5, 0.6) is 0 Å². The molecule has 134 valence electrons. The molecule has 1 N–H and O–H groups in total. The highest BCUT2D eigenvalue weighted by molar-refractivity contribution is 8.77. The average Bonchev–Trinajstić information content (AvgIpc) is 3.14. The average molecular weight is 379 g/mol. The number of unbranched alkanes of at least 4 members (excludes halogenated alkanes) is 1. The Morgan fingerprint density at radius 3 is 3.04 bits per heavy atom. The molecule has 2 heterocycles. The van der Waals surface area contributed by atoms with Gasteiger partial charge in [0.05, 0.1) is 11.9 Å². The lowest BCUT2D eigenvalue weighted by atomic mass is 10.1. The summed E-state index contributed by atoms with van der Waals surface area (Å²) in [6.45, 7) is 0.721. The van der Waals surface area contributed by atoms with Crippen LogP contribution in [0, 0.1) is 0 Å². The van der Waals surface area contributed by atoms with Crippen LogP contribution in [-0.2, 0) is 11.3 Å². The Hall–Kier alpha value is -1.54. The molecule has 0 spiro atoms. The first-order valence-electron chi connectivity index (χ1n) is 8.61. The first kappa shape index (κ1) is 18.3. The summed E-state index contributed by atoms with van der Waals surface area (Å²) in [5, 5.41) is 12.1. The lowest BCUT2D eigenvalue weighted by molar-refractivity contribution is -0.121. The molecule has 1 atom stereocenters. The fraction of sp³-hybridized carbons (Fsp3) is 0.529. The van der Waals surface area contributed by atoms with E-state index in [4.69, 9.17) is 0 Å². The Labute approximate surface area is 154 Å². The van der Waals surface area contributed by atoms with Crippen LogP contribution in [-0.4, -0.2) is 38.4 Å². The summed E-state index contributed by atoms with van der Waals surface area (Å²) in [6, 6.07) is 7.13. The van der Waals surface area contributed by atoms with Crippen LogP contribution in [0.25, 0.3) is 10.9 Å². The molecular weight excluding hydrogens is 356 g/mol. The molecule has 1 saturated heterocycles. The molecule has 1 amide bonds. The number of nitrogens with zero attached hydrogens (tertiary/aromatic N) is 3. The van der Waals surface area contributed by atoms with Gasteiger partial charge in [-0.15, -0.1) is 5.10 Å². The van der Waals surface area contributed by atoms with Crippen molar-refractivity contribution in [3.63, 3.8) is 0 Å². The summed E-state index contributed by atoms with van der Waals surface area (Å²) in [7, 11) is 3.94. The first-order valence-corrected chi connectivity index (χ1v) is 11.0. The zero-order chi connectivity index (χ0) is 17.5. The van der Waals surface area contributed by atoms with Crippen molar-refractivity contribution < 1.29 is 4.79 Å². The second kappa shape index (κ2) is 9.24. The number of hydrogen-bond donors (Lipinski definition) is 1. The van der Waals surface area contributed by atoms with Gasteiger partial charge in [-0.05, 0) is 31.4 Å². The fourth-order valence-electron chi connectivity index (χ4n) is 2.78. The van der Waals surface area contributed by atoms with Crippen LogP contribution in [0.1, 0.15) is 32.1 Å². The smallest absolute Gasteiger partial charge is 0.277 e. The third kappa shape index (κ3) is 5.22. The predicted octanol–water partition coefficient (Wildman–Crippen LogP) is 2.62. The highest BCUT2D eigenvalue weighted by atomic mass is 33.1. The number of aromatic nitrogens is 3. The molecule has 1 aromatic carbocycles. The Morgan fingerprint density at radius 1 is 1.32 bits per heavy atom. The van der Waals surface area contributed by atoms with Gasteiger partial charge in [0.25, 0.3) is 5.56 Å². The maximum atomic E-state index is 12.3. The molecular formula is C17H22N4O2S2. The lowest BCUT2D eigenvalue weighted by Crippen LogP contribution is -2.32. The van der Waals surface area contributed by atoms with Gasteiger partial charge in [0.2, 0.25) is 5.91 Å². The van der Waals surface area contributed by atoms with E-state index >= 15 is 0 Å². The zero-order valence-electron chi connectivity index (χ0n) is 14.0. The van der Waals surface area contributed by atoms with Gasteiger partial charge in [0, 0.05) is 24.0 Å². The maximum Gasteiger partial charge on any atom is 0.277 e. The summed E-state index contributed by atoms with van der Waals surface area (Å²) in [5.41, 5.74) is 0.415. The Bertz CT molecular complexity index is 775. The molecule has 25 heavy (non-hydrogen) atoms. The summed E-state index contributed by atoms with van der Waals surface area (Å²) >= 11 is 0. The van der Waals surface area contributed by atoms with Crippen LogP contribution in [0.4, 0.5) is 0 Å². The van der Waals surface area contributed by atoms with Gasteiger partial charge in [0.1, 0.15) is 5.52 Å². The van der Waals surface area contributed by atoms with Crippen molar-refractivity contribution in [1.82, 2.24) is 20.3 Å². The van der Waals surface area contributed by atoms with Gasteiger partial charge >= 0.3 is 0 Å². The summed E-state index contributed by atoms with van der Waals surface area (Å²) < 4.78 is 1.30. The van der Waals surface area contributed by atoms with Crippen molar-refractivity contribution in [2.75, 3.05) is 12.3 Å². The molecule has 1 aliphatic rings. The quantitative estimate of drug-likeness (QED) is 0.562. The minimum absolute atomic E-state index is 0.0373. The second-order valence-electron chi connectivity index (χ2n) is 6.06. The number of carbonyl (C=O) groups is 1. The van der Waals surface area contributed by atoms with E-state index in [1.807, 2.05) is 27.7 Å². The molecule has 2 aromatic rings. The number of hydrogen-bond acceptors (Lipinski definition) is 6. The fourth-order valence-corrected chi connectivity index (χ4v) is 5.81. The second-order valence-corrected chi connectivity index (χ2v) is 8.85. The summed E-state index contributed by atoms with van der Waals surface area (Å²) in [6.07, 6.45) is 5.06. The van der Waals surface area contributed by atoms with Gasteiger partial charge in [-0.3, -0.25) is 9.59 Å². The number of carbonyl (C=O) groups excluding carboxylic acids is 1. The molecule has 1 fully saturated rings. The number of amides is 1. The normalized spacial score (nSPS) is 17.0. The van der Waals surface area contributed by atoms with Crippen LogP contribution >= 0.6 is 21.6 Å². The molecule has 0 unspecified atom stereocenters. The molecule has 0 aliphatic carbocycles. The Morgan fingerprint density at radius 2 is 2.20 bits per heavy atom. The highest BCUT2D eigenvalue weighted by Crippen LogP contribution is 2.39. The van der Waals surface area contributed by atoms with Gasteiger partial charge in [0.15, 0.2) is 0 Å². The molecule has 0 bridgehead atoms. The summed E-state index contributed by atoms with van der Waals surface area (Å²) in [4.78, 5) is 24.2. The maximum absolute atomic E-state index is 12.3. The van der Waals surface area contributed by atoms with Gasteiger partial charge < -0.3 is 5.32 Å². The van der Waals surface area contributed by atoms with Crippen LogP contribution < -0.4 is 10.9 Å². The topological polar surface area (TPSA) is 76.9 Å². The number of rotatable bonds is 8. The third-order valence-corrected chi connectivity index (χ3v) is 7.19. The van der Waals surface area contributed by atoms with E-state index in [2.05, 4.69) is 15.6 Å². The molecule has 6 nitrogen and oxygen atoms in total. The molecule has 1 aliphatic heterocycles. The van der Waals surface area contributed by atoms with E-state index in [1.165, 1.54) is 23.3 Å². The molecule has 1 aromatic heterocycles. The number of benzene rings is 1. The van der Waals surface area contributed by atoms with Crippen molar-refractivity contribution in [2.45, 2.75) is 43.9 Å². The van der Waals surface area contributed by atoms with E-state index in [-0.39, 0.29) is 11.5 Å². The van der Waals surface area contributed by atoms with E-state index in [0.717, 1.165) is 18.1 Å². The third-order valence-electron chi connectivity index (χ3n) is 4.18. The lowest BCUT2D eigenvalue weighted by Gasteiger charge is -2.08. The standard InChI is InChI=1S/C17H22N4O2S2/c22-16(8-4-1-5-13-9-12-24-25-13)18-10-11-21-17(23)14-6-2-3-7-15(14)19-20-21/h2-3,6-7,13H,1,4-5,8-12H2,(H,18,22)/t13-/m1/s1. The SMILES string of the molecule is O=C(CCCC[C@@H]1CCSS1)NCCn1nnc2ccccc2c1=O. The van der Waals surface area contributed by atoms with Gasteiger partial charge in [-0.2, -0.15) is 0 Å². The van der Waals surface area contributed by atoms with Gasteiger partial charge in [-0.1, -0.05) is 45.4 Å². The van der Waals surface area contributed by atoms with E-state index in [0.29, 0.717) is 30.4 Å². The molecule has 0 saturated carbocycles. The van der Waals surface area contributed by atoms with Crippen molar-refractivity contribution in [3.05, 3.63) is 34.6 Å². The minimum Gasteiger partial charge on any atom is -0.354 e. The van der Waals surface area contributed by atoms with Crippen molar-refractivity contribution in [2.24, 2.45) is 0 Å². The predicted molar refractivity (Wildman–Crippen MR) is 104 cm³/mol. The largest absolute Gasteiger partial charge is 0.354 e. The first-order chi connectivity index (χ1) is 12.2. The Kier molecular flexibility index (Phi) is 6.75. The monoisotopic (exact) mass is 378 g/mol. The van der Waals surface area contributed by atoms with Crippen molar-refractivity contribution in [3.8, 4) is 0 Å².